The van der Waals surface area contributed by atoms with Crippen molar-refractivity contribution in [3.05, 3.63) is 119 Å². The summed E-state index contributed by atoms with van der Waals surface area (Å²) in [6.45, 7) is 10.5. The van der Waals surface area contributed by atoms with Crippen molar-refractivity contribution in [2.24, 2.45) is 0 Å². The summed E-state index contributed by atoms with van der Waals surface area (Å²) < 4.78 is 10.2. The molecule has 0 bridgehead atoms. The molecule has 0 atom stereocenters. The molecule has 0 heterocycles. The van der Waals surface area contributed by atoms with Gasteiger partial charge in [-0.1, -0.05) is 36.8 Å². The van der Waals surface area contributed by atoms with E-state index in [0.29, 0.717) is 17.1 Å². The molecule has 0 N–H and O–H groups in total. The van der Waals surface area contributed by atoms with Crippen molar-refractivity contribution < 1.29 is 19.1 Å². The van der Waals surface area contributed by atoms with Crippen LogP contribution in [0.15, 0.2) is 91.5 Å². The molecule has 0 aromatic heterocycles. The van der Waals surface area contributed by atoms with Gasteiger partial charge in [0.25, 0.3) is 0 Å². The van der Waals surface area contributed by atoms with Crippen LogP contribution in [0.3, 0.4) is 0 Å². The molecule has 0 saturated carbocycles. The Morgan fingerprint density at radius 3 is 1.79 bits per heavy atom. The second kappa shape index (κ2) is 11.2. The van der Waals surface area contributed by atoms with Crippen molar-refractivity contribution >= 4 is 11.9 Å². The first-order valence-corrected chi connectivity index (χ1v) is 10.4. The number of ether oxygens (including phenoxy) is 2. The van der Waals surface area contributed by atoms with Crippen molar-refractivity contribution in [2.75, 3.05) is 0 Å². The van der Waals surface area contributed by atoms with Gasteiger partial charge in [-0.2, -0.15) is 0 Å². The fourth-order valence-corrected chi connectivity index (χ4v) is 2.73. The summed E-state index contributed by atoms with van der Waals surface area (Å²) in [6.07, 6.45) is 1.12. The molecule has 3 aromatic rings. The van der Waals surface area contributed by atoms with Gasteiger partial charge in [0.15, 0.2) is 0 Å². The Labute approximate surface area is 199 Å². The lowest BCUT2D eigenvalue weighted by molar-refractivity contribution is -0.130. The van der Waals surface area contributed by atoms with E-state index in [1.807, 2.05) is 25.1 Å². The molecule has 3 rings (SSSR count). The number of esters is 2. The maximum Gasteiger partial charge on any atom is 0.338 e. The first-order chi connectivity index (χ1) is 16.3. The monoisotopic (exact) mass is 446 g/mol. The topological polar surface area (TPSA) is 52.6 Å². The molecule has 0 aliphatic heterocycles. The molecule has 0 aliphatic rings. The minimum Gasteiger partial charge on any atom is -0.423 e. The standard InChI is InChI=1S/C30H22O4/c1-5-29(31)33-27-16-10-23(11-17-27)6-7-25-9-15-26(22(4)20-25)14-8-24-12-18-28(19-13-24)34-30(32)21(2)3/h5,9-13,15-20H,1-2H2,3-4H3. The van der Waals surface area contributed by atoms with Crippen LogP contribution in [0.25, 0.3) is 0 Å². The van der Waals surface area contributed by atoms with Crippen LogP contribution < -0.4 is 9.47 Å². The third-order valence-electron chi connectivity index (χ3n) is 4.57. The van der Waals surface area contributed by atoms with Gasteiger partial charge in [0.2, 0.25) is 0 Å². The van der Waals surface area contributed by atoms with Crippen molar-refractivity contribution in [1.29, 1.82) is 0 Å². The highest BCUT2D eigenvalue weighted by atomic mass is 16.5. The fraction of sp³-hybridized carbons (Fsp3) is 0.0667. The Morgan fingerprint density at radius 2 is 1.26 bits per heavy atom. The normalized spacial score (nSPS) is 9.47. The van der Waals surface area contributed by atoms with Crippen LogP contribution in [-0.4, -0.2) is 11.9 Å². The summed E-state index contributed by atoms with van der Waals surface area (Å²) in [4.78, 5) is 22.8. The molecule has 0 unspecified atom stereocenters. The first kappa shape index (κ1) is 23.9. The highest BCUT2D eigenvalue weighted by Gasteiger charge is 2.04. The summed E-state index contributed by atoms with van der Waals surface area (Å²) in [5.41, 5.74) is 4.73. The molecule has 0 aliphatic carbocycles. The van der Waals surface area contributed by atoms with Crippen molar-refractivity contribution in [1.82, 2.24) is 0 Å². The molecule has 166 valence electrons. The molecule has 34 heavy (non-hydrogen) atoms. The second-order valence-corrected chi connectivity index (χ2v) is 7.37. The van der Waals surface area contributed by atoms with Gasteiger partial charge in [-0.15, -0.1) is 0 Å². The summed E-state index contributed by atoms with van der Waals surface area (Å²) in [5.74, 6) is 12.5. The number of hydrogen-bond acceptors (Lipinski definition) is 4. The van der Waals surface area contributed by atoms with Crippen LogP contribution in [0.5, 0.6) is 11.5 Å². The van der Waals surface area contributed by atoms with E-state index < -0.39 is 11.9 Å². The maximum absolute atomic E-state index is 11.6. The molecular formula is C30H22O4. The average molecular weight is 447 g/mol. The van der Waals surface area contributed by atoms with Crippen molar-refractivity contribution in [3.63, 3.8) is 0 Å². The third-order valence-corrected chi connectivity index (χ3v) is 4.57. The first-order valence-electron chi connectivity index (χ1n) is 10.4. The fourth-order valence-electron chi connectivity index (χ4n) is 2.73. The van der Waals surface area contributed by atoms with Gasteiger partial charge in [0.05, 0.1) is 0 Å². The zero-order valence-electron chi connectivity index (χ0n) is 19.0. The van der Waals surface area contributed by atoms with E-state index in [0.717, 1.165) is 33.9 Å². The van der Waals surface area contributed by atoms with Crippen LogP contribution in [0, 0.1) is 30.6 Å². The largest absolute Gasteiger partial charge is 0.423 e. The van der Waals surface area contributed by atoms with Crippen molar-refractivity contribution in [2.45, 2.75) is 13.8 Å². The van der Waals surface area contributed by atoms with Crippen molar-refractivity contribution in [3.8, 4) is 35.2 Å². The maximum atomic E-state index is 11.6. The zero-order valence-corrected chi connectivity index (χ0v) is 19.0. The summed E-state index contributed by atoms with van der Waals surface area (Å²) >= 11 is 0. The zero-order chi connectivity index (χ0) is 24.5. The van der Waals surface area contributed by atoms with Gasteiger partial charge in [-0.25, -0.2) is 9.59 Å². The Bertz CT molecular complexity index is 1370. The van der Waals surface area contributed by atoms with Gasteiger partial charge in [-0.3, -0.25) is 0 Å². The van der Waals surface area contributed by atoms with E-state index in [4.69, 9.17) is 9.47 Å². The Balaban J connectivity index is 1.67. The highest BCUT2D eigenvalue weighted by Crippen LogP contribution is 2.15. The molecule has 4 nitrogen and oxygen atoms in total. The van der Waals surface area contributed by atoms with E-state index in [-0.39, 0.29) is 0 Å². The summed E-state index contributed by atoms with van der Waals surface area (Å²) in [7, 11) is 0. The number of carbonyl (C=O) groups excluding carboxylic acids is 2. The van der Waals surface area contributed by atoms with Crippen LogP contribution in [0.4, 0.5) is 0 Å². The minimum atomic E-state index is -0.501. The number of hydrogen-bond donors (Lipinski definition) is 0. The van der Waals surface area contributed by atoms with Crippen LogP contribution >= 0.6 is 0 Å². The van der Waals surface area contributed by atoms with Gasteiger partial charge < -0.3 is 9.47 Å². The van der Waals surface area contributed by atoms with Gasteiger partial charge in [0, 0.05) is 33.9 Å². The number of benzene rings is 3. The molecule has 0 amide bonds. The van der Waals surface area contributed by atoms with E-state index in [9.17, 15) is 9.59 Å². The lowest BCUT2D eigenvalue weighted by Gasteiger charge is -2.03. The molecule has 0 saturated heterocycles. The van der Waals surface area contributed by atoms with Gasteiger partial charge in [-0.05, 0) is 86.1 Å². The van der Waals surface area contributed by atoms with E-state index in [1.165, 1.54) is 0 Å². The number of rotatable bonds is 4. The molecule has 3 aromatic carbocycles. The molecule has 0 fully saturated rings. The van der Waals surface area contributed by atoms with E-state index in [1.54, 1.807) is 55.5 Å². The van der Waals surface area contributed by atoms with Gasteiger partial charge in [0.1, 0.15) is 11.5 Å². The van der Waals surface area contributed by atoms with E-state index in [2.05, 4.69) is 36.8 Å². The number of aryl methyl sites for hydroxylation is 1. The Morgan fingerprint density at radius 1 is 0.765 bits per heavy atom. The average Bonchev–Trinajstić information content (AvgIpc) is 2.83. The van der Waals surface area contributed by atoms with E-state index >= 15 is 0 Å². The Kier molecular flexibility index (Phi) is 7.84. The Hall–Kier alpha value is -4.80. The number of carbonyl (C=O) groups is 2. The SMILES string of the molecule is C=CC(=O)Oc1ccc(C#Cc2ccc(C#Cc3ccc(OC(=O)C(=C)C)cc3)c(C)c2)cc1. The van der Waals surface area contributed by atoms with Crippen LogP contribution in [-0.2, 0) is 9.59 Å². The lowest BCUT2D eigenvalue weighted by Crippen LogP contribution is -2.07. The third kappa shape index (κ3) is 6.85. The molecule has 4 heteroatoms. The minimum absolute atomic E-state index is 0.344. The van der Waals surface area contributed by atoms with Crippen LogP contribution in [0.2, 0.25) is 0 Å². The predicted molar refractivity (Wildman–Crippen MR) is 132 cm³/mol. The predicted octanol–water partition coefficient (Wildman–Crippen LogP) is 5.37. The summed E-state index contributed by atoms with van der Waals surface area (Å²) in [5, 5.41) is 0. The van der Waals surface area contributed by atoms with Crippen LogP contribution in [0.1, 0.15) is 34.7 Å². The quantitative estimate of drug-likeness (QED) is 0.234. The molecule has 0 spiro atoms. The summed E-state index contributed by atoms with van der Waals surface area (Å²) in [6, 6.07) is 19.8. The lowest BCUT2D eigenvalue weighted by atomic mass is 10.0. The smallest absolute Gasteiger partial charge is 0.338 e. The molecular weight excluding hydrogens is 424 g/mol. The molecule has 0 radical (unpaired) electrons. The van der Waals surface area contributed by atoms with Gasteiger partial charge >= 0.3 is 11.9 Å². The highest BCUT2D eigenvalue weighted by molar-refractivity contribution is 5.88. The second-order valence-electron chi connectivity index (χ2n) is 7.37.